The maximum absolute atomic E-state index is 12.5. The molecule has 0 radical (unpaired) electrons. The third-order valence-corrected chi connectivity index (χ3v) is 3.43. The van der Waals surface area contributed by atoms with Gasteiger partial charge in [0.25, 0.3) is 0 Å². The smallest absolute Gasteiger partial charge is 0.338 e. The van der Waals surface area contributed by atoms with Gasteiger partial charge in [0.05, 0.1) is 5.56 Å². The van der Waals surface area contributed by atoms with Crippen LogP contribution in [0.25, 0.3) is 10.9 Å². The molecule has 4 nitrogen and oxygen atoms in total. The van der Waals surface area contributed by atoms with E-state index in [0.29, 0.717) is 16.5 Å². The van der Waals surface area contributed by atoms with E-state index < -0.39 is 5.97 Å². The van der Waals surface area contributed by atoms with E-state index >= 15 is 0 Å². The second-order valence-electron chi connectivity index (χ2n) is 4.92. The highest BCUT2D eigenvalue weighted by atomic mass is 16.4. The van der Waals surface area contributed by atoms with E-state index in [-0.39, 0.29) is 17.0 Å². The van der Waals surface area contributed by atoms with Gasteiger partial charge in [-0.05, 0) is 19.1 Å². The number of carboxylic acid groups (broad SMARTS) is 1. The molecule has 0 amide bonds. The lowest BCUT2D eigenvalue weighted by molar-refractivity contribution is 0.0695. The summed E-state index contributed by atoms with van der Waals surface area (Å²) in [7, 11) is 0. The van der Waals surface area contributed by atoms with Gasteiger partial charge in [-0.3, -0.25) is 4.79 Å². The fraction of sp³-hybridized carbons (Fsp3) is 0.0588. The first kappa shape index (κ1) is 13.1. The molecule has 3 aromatic rings. The van der Waals surface area contributed by atoms with Gasteiger partial charge in [0, 0.05) is 16.5 Å². The van der Waals surface area contributed by atoms with E-state index in [9.17, 15) is 14.7 Å². The Bertz CT molecular complexity index is 847. The molecule has 21 heavy (non-hydrogen) atoms. The third-order valence-electron chi connectivity index (χ3n) is 3.43. The van der Waals surface area contributed by atoms with Gasteiger partial charge in [0.15, 0.2) is 0 Å². The van der Waals surface area contributed by atoms with E-state index in [0.717, 1.165) is 5.56 Å². The number of carbonyl (C=O) groups is 2. The number of carbonyl (C=O) groups excluding carboxylic acids is 1. The van der Waals surface area contributed by atoms with Crippen molar-refractivity contribution in [2.75, 3.05) is 0 Å². The van der Waals surface area contributed by atoms with Gasteiger partial charge in [-0.2, -0.15) is 0 Å². The molecule has 0 unspecified atom stereocenters. The maximum atomic E-state index is 12.5. The Morgan fingerprint density at radius 3 is 2.43 bits per heavy atom. The minimum absolute atomic E-state index is 0.0301. The molecular formula is C17H13NO3. The molecule has 0 spiro atoms. The minimum atomic E-state index is -1.11. The molecule has 1 heterocycles. The zero-order chi connectivity index (χ0) is 15.0. The topological polar surface area (TPSA) is 70.2 Å². The number of aromatic amines is 1. The summed E-state index contributed by atoms with van der Waals surface area (Å²) in [5, 5.41) is 10.0. The summed E-state index contributed by atoms with van der Waals surface area (Å²) in [6, 6.07) is 14.1. The Labute approximate surface area is 121 Å². The van der Waals surface area contributed by atoms with Gasteiger partial charge in [-0.25, -0.2) is 4.79 Å². The molecule has 104 valence electrons. The Morgan fingerprint density at radius 1 is 1.05 bits per heavy atom. The molecule has 3 rings (SSSR count). The number of H-pyrrole nitrogens is 1. The summed E-state index contributed by atoms with van der Waals surface area (Å²) < 4.78 is 0. The van der Waals surface area contributed by atoms with Gasteiger partial charge < -0.3 is 10.1 Å². The molecule has 0 aliphatic rings. The molecule has 0 fully saturated rings. The van der Waals surface area contributed by atoms with E-state index in [4.69, 9.17) is 0 Å². The van der Waals surface area contributed by atoms with Crippen molar-refractivity contribution >= 4 is 22.7 Å². The molecule has 0 aliphatic heterocycles. The Kier molecular flexibility index (Phi) is 3.06. The first-order valence-electron chi connectivity index (χ1n) is 6.53. The highest BCUT2D eigenvalue weighted by Crippen LogP contribution is 2.25. The number of hydrogen-bond acceptors (Lipinski definition) is 2. The van der Waals surface area contributed by atoms with Crippen LogP contribution < -0.4 is 0 Å². The molecule has 0 aliphatic carbocycles. The van der Waals surface area contributed by atoms with Gasteiger partial charge in [0.2, 0.25) is 5.78 Å². The van der Waals surface area contributed by atoms with Crippen LogP contribution in [-0.4, -0.2) is 21.8 Å². The predicted octanol–water partition coefficient (Wildman–Crippen LogP) is 3.41. The average molecular weight is 279 g/mol. The molecular weight excluding hydrogens is 266 g/mol. The lowest BCUT2D eigenvalue weighted by Crippen LogP contribution is -2.08. The van der Waals surface area contributed by atoms with Crippen LogP contribution in [0.4, 0.5) is 0 Å². The number of rotatable bonds is 3. The normalized spacial score (nSPS) is 10.7. The van der Waals surface area contributed by atoms with Crippen LogP contribution in [0.1, 0.15) is 32.0 Å². The molecule has 1 aromatic heterocycles. The van der Waals surface area contributed by atoms with Crippen molar-refractivity contribution < 1.29 is 14.7 Å². The lowest BCUT2D eigenvalue weighted by Gasteiger charge is -2.00. The molecule has 2 N–H and O–H groups in total. The summed E-state index contributed by atoms with van der Waals surface area (Å²) in [6.07, 6.45) is 0. The Morgan fingerprint density at radius 2 is 1.76 bits per heavy atom. The summed E-state index contributed by atoms with van der Waals surface area (Å²) in [5.74, 6) is -1.42. The van der Waals surface area contributed by atoms with Crippen LogP contribution in [-0.2, 0) is 0 Å². The number of carboxylic acids is 1. The van der Waals surface area contributed by atoms with Crippen molar-refractivity contribution in [3.05, 3.63) is 70.9 Å². The zero-order valence-corrected chi connectivity index (χ0v) is 11.4. The van der Waals surface area contributed by atoms with E-state index in [2.05, 4.69) is 4.98 Å². The monoisotopic (exact) mass is 279 g/mol. The number of aromatic carboxylic acids is 1. The standard InChI is InChI=1S/C17H13NO3/c1-10-7-8-13-12(9-10)14(17(20)21)15(18-13)16(19)11-5-3-2-4-6-11/h2-9,18H,1H3,(H,20,21). The van der Waals surface area contributed by atoms with Gasteiger partial charge in [-0.15, -0.1) is 0 Å². The summed E-state index contributed by atoms with van der Waals surface area (Å²) >= 11 is 0. The van der Waals surface area contributed by atoms with Crippen molar-refractivity contribution in [3.63, 3.8) is 0 Å². The lowest BCUT2D eigenvalue weighted by atomic mass is 10.0. The van der Waals surface area contributed by atoms with Gasteiger partial charge in [0.1, 0.15) is 5.69 Å². The first-order chi connectivity index (χ1) is 10.1. The summed E-state index contributed by atoms with van der Waals surface area (Å²) in [4.78, 5) is 27.0. The number of nitrogens with one attached hydrogen (secondary N) is 1. The van der Waals surface area contributed by atoms with E-state index in [1.807, 2.05) is 19.1 Å². The van der Waals surface area contributed by atoms with Crippen LogP contribution in [0.15, 0.2) is 48.5 Å². The Hall–Kier alpha value is -2.88. The van der Waals surface area contributed by atoms with Crippen molar-refractivity contribution in [1.29, 1.82) is 0 Å². The molecule has 4 heteroatoms. The first-order valence-corrected chi connectivity index (χ1v) is 6.53. The predicted molar refractivity (Wildman–Crippen MR) is 79.9 cm³/mol. The zero-order valence-electron chi connectivity index (χ0n) is 11.4. The third kappa shape index (κ3) is 2.21. The summed E-state index contributed by atoms with van der Waals surface area (Å²) in [6.45, 7) is 1.89. The van der Waals surface area contributed by atoms with E-state index in [1.165, 1.54) is 0 Å². The van der Waals surface area contributed by atoms with E-state index in [1.54, 1.807) is 36.4 Å². The number of aromatic nitrogens is 1. The fourth-order valence-electron chi connectivity index (χ4n) is 2.43. The number of ketones is 1. The largest absolute Gasteiger partial charge is 0.478 e. The van der Waals surface area contributed by atoms with Gasteiger partial charge >= 0.3 is 5.97 Å². The molecule has 0 saturated carbocycles. The minimum Gasteiger partial charge on any atom is -0.478 e. The van der Waals surface area contributed by atoms with Crippen LogP contribution in [0, 0.1) is 6.92 Å². The van der Waals surface area contributed by atoms with Crippen LogP contribution in [0.2, 0.25) is 0 Å². The quantitative estimate of drug-likeness (QED) is 0.722. The second-order valence-corrected chi connectivity index (χ2v) is 4.92. The van der Waals surface area contributed by atoms with Crippen LogP contribution in [0.3, 0.4) is 0 Å². The van der Waals surface area contributed by atoms with Crippen molar-refractivity contribution in [2.45, 2.75) is 6.92 Å². The van der Waals surface area contributed by atoms with Crippen molar-refractivity contribution in [1.82, 2.24) is 4.98 Å². The number of hydrogen-bond donors (Lipinski definition) is 2. The van der Waals surface area contributed by atoms with Crippen LogP contribution in [0.5, 0.6) is 0 Å². The fourth-order valence-corrected chi connectivity index (χ4v) is 2.43. The Balaban J connectivity index is 2.25. The molecule has 0 bridgehead atoms. The second kappa shape index (κ2) is 4.90. The molecule has 2 aromatic carbocycles. The van der Waals surface area contributed by atoms with Crippen molar-refractivity contribution in [3.8, 4) is 0 Å². The summed E-state index contributed by atoms with van der Waals surface area (Å²) in [5.41, 5.74) is 2.21. The van der Waals surface area contributed by atoms with Gasteiger partial charge in [-0.1, -0.05) is 42.0 Å². The highest BCUT2D eigenvalue weighted by molar-refractivity contribution is 6.18. The molecule has 0 atom stereocenters. The number of aryl methyl sites for hydroxylation is 1. The van der Waals surface area contributed by atoms with Crippen molar-refractivity contribution in [2.24, 2.45) is 0 Å². The number of benzene rings is 2. The number of fused-ring (bicyclic) bond motifs is 1. The van der Waals surface area contributed by atoms with Crippen LogP contribution >= 0.6 is 0 Å². The SMILES string of the molecule is Cc1ccc2[nH]c(C(=O)c3ccccc3)c(C(=O)O)c2c1. The highest BCUT2D eigenvalue weighted by Gasteiger charge is 2.23. The average Bonchev–Trinajstić information content (AvgIpc) is 2.86. The molecule has 0 saturated heterocycles. The maximum Gasteiger partial charge on any atom is 0.338 e.